The highest BCUT2D eigenvalue weighted by atomic mass is 14.4. The molecule has 0 aromatic rings. The topological polar surface area (TPSA) is 0 Å². The van der Waals surface area contributed by atoms with Gasteiger partial charge in [0.2, 0.25) is 0 Å². The molecular weight excluding hydrogens is 240 g/mol. The maximum Gasteiger partial charge on any atom is -0.0209 e. The quantitative estimate of drug-likeness (QED) is 0.486. The van der Waals surface area contributed by atoms with E-state index < -0.39 is 0 Å². The van der Waals surface area contributed by atoms with E-state index >= 15 is 0 Å². The van der Waals surface area contributed by atoms with Crippen LogP contribution in [0.4, 0.5) is 0 Å². The van der Waals surface area contributed by atoms with Gasteiger partial charge in [-0.05, 0) is 68.6 Å². The molecule has 0 nitrogen and oxygen atoms in total. The van der Waals surface area contributed by atoms with Gasteiger partial charge in [0.25, 0.3) is 0 Å². The molecule has 1 saturated carbocycles. The van der Waals surface area contributed by atoms with Crippen molar-refractivity contribution in [1.29, 1.82) is 0 Å². The zero-order valence-corrected chi connectivity index (χ0v) is 14.7. The highest BCUT2D eigenvalue weighted by Gasteiger charge is 2.38. The Labute approximate surface area is 127 Å². The summed E-state index contributed by atoms with van der Waals surface area (Å²) in [7, 11) is 0. The molecule has 116 valence electrons. The molecule has 0 radical (unpaired) electrons. The van der Waals surface area contributed by atoms with Gasteiger partial charge in [-0.25, -0.2) is 0 Å². The Hall–Kier alpha value is -0.520. The molecule has 1 aliphatic rings. The van der Waals surface area contributed by atoms with Crippen LogP contribution in [0.25, 0.3) is 0 Å². The average molecular weight is 277 g/mol. The summed E-state index contributed by atoms with van der Waals surface area (Å²) in [5, 5.41) is 0. The fourth-order valence-corrected chi connectivity index (χ4v) is 4.38. The van der Waals surface area contributed by atoms with Gasteiger partial charge in [0.05, 0.1) is 0 Å². The molecule has 1 rings (SSSR count). The van der Waals surface area contributed by atoms with Gasteiger partial charge in [-0.2, -0.15) is 0 Å². The number of allylic oxidation sites excluding steroid dienone is 2. The van der Waals surface area contributed by atoms with Gasteiger partial charge in [0, 0.05) is 0 Å². The third kappa shape index (κ3) is 4.24. The van der Waals surface area contributed by atoms with Crippen LogP contribution in [0.1, 0.15) is 67.2 Å². The smallest absolute Gasteiger partial charge is 0.0209 e. The van der Waals surface area contributed by atoms with Crippen molar-refractivity contribution in [1.82, 2.24) is 0 Å². The highest BCUT2D eigenvalue weighted by Crippen LogP contribution is 2.46. The SMILES string of the molecule is C=C(C)CCC1CCC(C)C(C(C)C(C)C(=C)C)C1C. The first kappa shape index (κ1) is 17.5. The Bertz CT molecular complexity index is 338. The molecule has 0 saturated heterocycles. The van der Waals surface area contributed by atoms with Crippen LogP contribution in [-0.4, -0.2) is 0 Å². The van der Waals surface area contributed by atoms with Crippen molar-refractivity contribution < 1.29 is 0 Å². The molecule has 0 aromatic heterocycles. The lowest BCUT2D eigenvalue weighted by Gasteiger charge is -2.45. The Balaban J connectivity index is 2.76. The minimum Gasteiger partial charge on any atom is -0.100 e. The van der Waals surface area contributed by atoms with E-state index in [4.69, 9.17) is 0 Å². The maximum atomic E-state index is 4.19. The second-order valence-electron chi connectivity index (χ2n) is 7.74. The second-order valence-corrected chi connectivity index (χ2v) is 7.74. The first-order valence-electron chi connectivity index (χ1n) is 8.55. The predicted molar refractivity (Wildman–Crippen MR) is 91.7 cm³/mol. The van der Waals surface area contributed by atoms with Crippen LogP contribution < -0.4 is 0 Å². The maximum absolute atomic E-state index is 4.19. The van der Waals surface area contributed by atoms with Gasteiger partial charge < -0.3 is 0 Å². The molecule has 0 aliphatic heterocycles. The van der Waals surface area contributed by atoms with Crippen LogP contribution >= 0.6 is 0 Å². The Morgan fingerprint density at radius 1 is 1.10 bits per heavy atom. The monoisotopic (exact) mass is 276 g/mol. The van der Waals surface area contributed by atoms with Crippen LogP contribution in [-0.2, 0) is 0 Å². The number of rotatable bonds is 6. The van der Waals surface area contributed by atoms with Crippen molar-refractivity contribution in [3.63, 3.8) is 0 Å². The van der Waals surface area contributed by atoms with Gasteiger partial charge in [0.15, 0.2) is 0 Å². The molecule has 6 atom stereocenters. The largest absolute Gasteiger partial charge is 0.100 e. The lowest BCUT2D eigenvalue weighted by atomic mass is 9.60. The number of hydrogen-bond acceptors (Lipinski definition) is 0. The van der Waals surface area contributed by atoms with E-state index in [-0.39, 0.29) is 0 Å². The van der Waals surface area contributed by atoms with Crippen LogP contribution in [0.2, 0.25) is 0 Å². The van der Waals surface area contributed by atoms with Crippen LogP contribution in [0.5, 0.6) is 0 Å². The van der Waals surface area contributed by atoms with Gasteiger partial charge >= 0.3 is 0 Å². The van der Waals surface area contributed by atoms with E-state index in [1.165, 1.54) is 36.8 Å². The van der Waals surface area contributed by atoms with Gasteiger partial charge in [-0.1, -0.05) is 51.8 Å². The molecule has 0 amide bonds. The summed E-state index contributed by atoms with van der Waals surface area (Å²) in [6, 6.07) is 0. The number of hydrogen-bond donors (Lipinski definition) is 0. The second kappa shape index (κ2) is 7.48. The first-order valence-corrected chi connectivity index (χ1v) is 8.55. The zero-order chi connectivity index (χ0) is 15.4. The van der Waals surface area contributed by atoms with E-state index in [0.29, 0.717) is 5.92 Å². The minimum absolute atomic E-state index is 0.643. The Morgan fingerprint density at radius 2 is 1.70 bits per heavy atom. The van der Waals surface area contributed by atoms with Crippen molar-refractivity contribution in [2.24, 2.45) is 35.5 Å². The molecule has 0 heterocycles. The molecule has 0 spiro atoms. The lowest BCUT2D eigenvalue weighted by molar-refractivity contribution is 0.0495. The fourth-order valence-electron chi connectivity index (χ4n) is 4.38. The first-order chi connectivity index (χ1) is 9.25. The third-order valence-corrected chi connectivity index (χ3v) is 6.12. The highest BCUT2D eigenvalue weighted by molar-refractivity contribution is 5.00. The van der Waals surface area contributed by atoms with Gasteiger partial charge in [-0.15, -0.1) is 6.58 Å². The summed E-state index contributed by atoms with van der Waals surface area (Å²) < 4.78 is 0. The molecule has 1 fully saturated rings. The Morgan fingerprint density at radius 3 is 2.20 bits per heavy atom. The molecule has 20 heavy (non-hydrogen) atoms. The lowest BCUT2D eigenvalue weighted by Crippen LogP contribution is -2.38. The van der Waals surface area contributed by atoms with Crippen molar-refractivity contribution in [3.05, 3.63) is 24.3 Å². The third-order valence-electron chi connectivity index (χ3n) is 6.12. The van der Waals surface area contributed by atoms with Crippen LogP contribution in [0, 0.1) is 35.5 Å². The van der Waals surface area contributed by atoms with Crippen molar-refractivity contribution in [2.75, 3.05) is 0 Å². The normalized spacial score (nSPS) is 33.5. The molecular formula is C20H36. The average Bonchev–Trinajstić information content (AvgIpc) is 2.36. The summed E-state index contributed by atoms with van der Waals surface area (Å²) in [6.07, 6.45) is 5.37. The summed E-state index contributed by atoms with van der Waals surface area (Å²) in [4.78, 5) is 0. The van der Waals surface area contributed by atoms with Crippen molar-refractivity contribution in [3.8, 4) is 0 Å². The van der Waals surface area contributed by atoms with Gasteiger partial charge in [-0.3, -0.25) is 0 Å². The molecule has 0 aromatic carbocycles. The van der Waals surface area contributed by atoms with E-state index in [1.807, 2.05) is 0 Å². The van der Waals surface area contributed by atoms with Crippen molar-refractivity contribution >= 4 is 0 Å². The summed E-state index contributed by atoms with van der Waals surface area (Å²) in [5.74, 6) is 4.85. The van der Waals surface area contributed by atoms with E-state index in [9.17, 15) is 0 Å². The van der Waals surface area contributed by atoms with Crippen LogP contribution in [0.15, 0.2) is 24.3 Å². The van der Waals surface area contributed by atoms with Crippen molar-refractivity contribution in [2.45, 2.75) is 67.2 Å². The van der Waals surface area contributed by atoms with E-state index in [0.717, 1.165) is 29.6 Å². The predicted octanol–water partition coefficient (Wildman–Crippen LogP) is 6.49. The van der Waals surface area contributed by atoms with Gasteiger partial charge in [0.1, 0.15) is 0 Å². The zero-order valence-electron chi connectivity index (χ0n) is 14.7. The Kier molecular flexibility index (Phi) is 6.55. The standard InChI is InChI=1S/C20H36/c1-13(2)9-11-19-12-10-15(5)20(18(19)8)17(7)16(6)14(3)4/h15-20H,1,3,9-12H2,2,4-8H3. The summed E-state index contributed by atoms with van der Waals surface area (Å²) in [5.41, 5.74) is 2.69. The molecule has 1 aliphatic carbocycles. The minimum atomic E-state index is 0.643. The molecule has 0 bridgehead atoms. The summed E-state index contributed by atoms with van der Waals surface area (Å²) >= 11 is 0. The summed E-state index contributed by atoms with van der Waals surface area (Å²) in [6.45, 7) is 22.4. The fraction of sp³-hybridized carbons (Fsp3) is 0.800. The van der Waals surface area contributed by atoms with E-state index in [1.54, 1.807) is 0 Å². The molecule has 0 heteroatoms. The molecule has 0 N–H and O–H groups in total. The van der Waals surface area contributed by atoms with E-state index in [2.05, 4.69) is 54.7 Å². The molecule has 6 unspecified atom stereocenters. The van der Waals surface area contributed by atoms with Crippen LogP contribution in [0.3, 0.4) is 0 Å².